The number of carbonyl (C=O) groups excluding carboxylic acids is 1. The first-order valence-corrected chi connectivity index (χ1v) is 9.74. The van der Waals surface area contributed by atoms with Crippen LogP contribution in [0.1, 0.15) is 48.7 Å². The van der Waals surface area contributed by atoms with Crippen LogP contribution in [0, 0.1) is 5.82 Å². The quantitative estimate of drug-likeness (QED) is 0.691. The fourth-order valence-electron chi connectivity index (χ4n) is 3.62. The molecule has 0 aliphatic carbocycles. The molecule has 8 heteroatoms. The van der Waals surface area contributed by atoms with Crippen LogP contribution in [0.4, 0.5) is 4.39 Å². The van der Waals surface area contributed by atoms with Crippen molar-refractivity contribution in [2.24, 2.45) is 0 Å². The molecule has 1 amide bonds. The first kappa shape index (κ1) is 19.3. The predicted molar refractivity (Wildman–Crippen MR) is 105 cm³/mol. The van der Waals surface area contributed by atoms with Crippen molar-refractivity contribution < 1.29 is 13.9 Å². The standard InChI is InChI=1S/C21H23FN4O3/c1-13(23-20(27)10-14-2-4-16(22)5-3-14)17-12-21(28)26-19(24-17)11-18(25-26)15-6-8-29-9-7-15/h2-5,11-13,15,25H,6-10H2,1H3,(H,23,27)/t13-/m1/s1. The maximum absolute atomic E-state index is 13.0. The number of amides is 1. The fourth-order valence-corrected chi connectivity index (χ4v) is 3.62. The molecule has 1 fully saturated rings. The molecule has 0 radical (unpaired) electrons. The molecule has 0 bridgehead atoms. The number of nitrogens with one attached hydrogen (secondary N) is 2. The minimum atomic E-state index is -0.429. The van der Waals surface area contributed by atoms with E-state index >= 15 is 0 Å². The monoisotopic (exact) mass is 398 g/mol. The first-order valence-electron chi connectivity index (χ1n) is 9.74. The summed E-state index contributed by atoms with van der Waals surface area (Å²) in [6, 6.07) is 8.70. The fraction of sp³-hybridized carbons (Fsp3) is 0.381. The Morgan fingerprint density at radius 2 is 2.03 bits per heavy atom. The Balaban J connectivity index is 1.49. The summed E-state index contributed by atoms with van der Waals surface area (Å²) in [6.45, 7) is 3.21. The summed E-state index contributed by atoms with van der Waals surface area (Å²) in [5.74, 6) is -0.240. The van der Waals surface area contributed by atoms with Crippen molar-refractivity contribution in [3.8, 4) is 0 Å². The molecule has 0 unspecified atom stereocenters. The number of hydrogen-bond acceptors (Lipinski definition) is 4. The van der Waals surface area contributed by atoms with E-state index in [1.54, 1.807) is 19.1 Å². The van der Waals surface area contributed by atoms with Crippen LogP contribution in [-0.2, 0) is 16.0 Å². The number of carbonyl (C=O) groups is 1. The second-order valence-electron chi connectivity index (χ2n) is 7.40. The van der Waals surface area contributed by atoms with Crippen LogP contribution < -0.4 is 10.9 Å². The molecule has 152 valence electrons. The number of nitrogens with zero attached hydrogens (tertiary/aromatic N) is 2. The van der Waals surface area contributed by atoms with Gasteiger partial charge < -0.3 is 10.1 Å². The summed E-state index contributed by atoms with van der Waals surface area (Å²) >= 11 is 0. The highest BCUT2D eigenvalue weighted by Crippen LogP contribution is 2.26. The van der Waals surface area contributed by atoms with E-state index in [0.29, 0.717) is 36.0 Å². The van der Waals surface area contributed by atoms with Crippen molar-refractivity contribution in [3.05, 3.63) is 69.5 Å². The molecule has 1 atom stereocenters. The molecule has 29 heavy (non-hydrogen) atoms. The predicted octanol–water partition coefficient (Wildman–Crippen LogP) is 2.48. The van der Waals surface area contributed by atoms with E-state index in [1.807, 2.05) is 6.07 Å². The highest BCUT2D eigenvalue weighted by atomic mass is 19.1. The van der Waals surface area contributed by atoms with Crippen molar-refractivity contribution >= 4 is 11.6 Å². The zero-order valence-corrected chi connectivity index (χ0v) is 16.2. The number of halogens is 1. The van der Waals surface area contributed by atoms with Gasteiger partial charge in [-0.2, -0.15) is 0 Å². The van der Waals surface area contributed by atoms with Gasteiger partial charge in [-0.15, -0.1) is 0 Å². The number of aromatic amines is 1. The van der Waals surface area contributed by atoms with Crippen LogP contribution in [0.25, 0.3) is 5.65 Å². The van der Waals surface area contributed by atoms with E-state index < -0.39 is 6.04 Å². The van der Waals surface area contributed by atoms with Gasteiger partial charge in [-0.05, 0) is 37.5 Å². The largest absolute Gasteiger partial charge is 0.381 e. The van der Waals surface area contributed by atoms with E-state index in [1.165, 1.54) is 22.7 Å². The van der Waals surface area contributed by atoms with Crippen molar-refractivity contribution in [3.63, 3.8) is 0 Å². The Morgan fingerprint density at radius 3 is 2.76 bits per heavy atom. The molecule has 4 rings (SSSR count). The van der Waals surface area contributed by atoms with Crippen molar-refractivity contribution in [2.45, 2.75) is 38.1 Å². The lowest BCUT2D eigenvalue weighted by atomic mass is 9.97. The van der Waals surface area contributed by atoms with Gasteiger partial charge in [-0.1, -0.05) is 12.1 Å². The molecule has 1 saturated heterocycles. The average Bonchev–Trinajstić information content (AvgIpc) is 3.15. The molecule has 3 aromatic rings. The summed E-state index contributed by atoms with van der Waals surface area (Å²) in [6.07, 6.45) is 1.94. The second kappa shape index (κ2) is 8.16. The van der Waals surface area contributed by atoms with Gasteiger partial charge in [0.15, 0.2) is 5.65 Å². The van der Waals surface area contributed by atoms with Crippen LogP contribution in [0.2, 0.25) is 0 Å². The van der Waals surface area contributed by atoms with Gasteiger partial charge in [-0.3, -0.25) is 14.7 Å². The molecule has 1 aromatic carbocycles. The van der Waals surface area contributed by atoms with Crippen molar-refractivity contribution in [1.29, 1.82) is 0 Å². The lowest BCUT2D eigenvalue weighted by molar-refractivity contribution is -0.121. The minimum Gasteiger partial charge on any atom is -0.381 e. The number of hydrogen-bond donors (Lipinski definition) is 2. The smallest absolute Gasteiger partial charge is 0.272 e. The van der Waals surface area contributed by atoms with Crippen molar-refractivity contribution in [2.75, 3.05) is 13.2 Å². The van der Waals surface area contributed by atoms with Gasteiger partial charge in [0.05, 0.1) is 18.2 Å². The maximum atomic E-state index is 13.0. The molecule has 0 saturated carbocycles. The van der Waals surface area contributed by atoms with Crippen LogP contribution in [0.3, 0.4) is 0 Å². The van der Waals surface area contributed by atoms with Crippen LogP contribution in [-0.4, -0.2) is 33.7 Å². The Labute approximate surface area is 166 Å². The van der Waals surface area contributed by atoms with E-state index in [0.717, 1.165) is 18.5 Å². The summed E-state index contributed by atoms with van der Waals surface area (Å²) in [5, 5.41) is 6.00. The second-order valence-corrected chi connectivity index (χ2v) is 7.40. The topological polar surface area (TPSA) is 88.5 Å². The van der Waals surface area contributed by atoms with Crippen LogP contribution >= 0.6 is 0 Å². The number of benzene rings is 1. The van der Waals surface area contributed by atoms with Gasteiger partial charge >= 0.3 is 0 Å². The molecule has 3 heterocycles. The lowest BCUT2D eigenvalue weighted by Crippen LogP contribution is -2.30. The number of aromatic nitrogens is 3. The number of fused-ring (bicyclic) bond motifs is 1. The minimum absolute atomic E-state index is 0.129. The first-order chi connectivity index (χ1) is 14.0. The Kier molecular flexibility index (Phi) is 5.44. The van der Waals surface area contributed by atoms with Crippen LogP contribution in [0.15, 0.2) is 41.2 Å². The maximum Gasteiger partial charge on any atom is 0.272 e. The summed E-state index contributed by atoms with van der Waals surface area (Å²) in [7, 11) is 0. The SMILES string of the molecule is C[C@@H](NC(=O)Cc1ccc(F)cc1)c1cc(=O)n2[nH]c(C3CCOCC3)cc2n1. The molecule has 1 aliphatic rings. The van der Waals surface area contributed by atoms with Crippen LogP contribution in [0.5, 0.6) is 0 Å². The average molecular weight is 398 g/mol. The summed E-state index contributed by atoms with van der Waals surface area (Å²) in [4.78, 5) is 29.4. The van der Waals surface area contributed by atoms with Gasteiger partial charge in [-0.25, -0.2) is 13.9 Å². The third-order valence-corrected chi connectivity index (χ3v) is 5.25. The third kappa shape index (κ3) is 4.37. The molecular formula is C21H23FN4O3. The van der Waals surface area contributed by atoms with E-state index in [9.17, 15) is 14.0 Å². The zero-order chi connectivity index (χ0) is 20.4. The molecule has 1 aliphatic heterocycles. The van der Waals surface area contributed by atoms with E-state index in [4.69, 9.17) is 4.74 Å². The van der Waals surface area contributed by atoms with Gasteiger partial charge in [0.1, 0.15) is 5.82 Å². The number of ether oxygens (including phenoxy) is 1. The number of H-pyrrole nitrogens is 1. The summed E-state index contributed by atoms with van der Waals surface area (Å²) in [5.41, 5.74) is 2.51. The normalized spacial score (nSPS) is 16.1. The van der Waals surface area contributed by atoms with Gasteiger partial charge in [0.25, 0.3) is 5.56 Å². The van der Waals surface area contributed by atoms with Crippen molar-refractivity contribution in [1.82, 2.24) is 19.9 Å². The third-order valence-electron chi connectivity index (χ3n) is 5.25. The molecule has 2 N–H and O–H groups in total. The molecule has 2 aromatic heterocycles. The molecule has 0 spiro atoms. The van der Waals surface area contributed by atoms with Gasteiger partial charge in [0, 0.05) is 37.0 Å². The Morgan fingerprint density at radius 1 is 1.31 bits per heavy atom. The summed E-state index contributed by atoms with van der Waals surface area (Å²) < 4.78 is 19.8. The van der Waals surface area contributed by atoms with E-state index in [-0.39, 0.29) is 23.7 Å². The molecular weight excluding hydrogens is 375 g/mol. The zero-order valence-electron chi connectivity index (χ0n) is 16.2. The number of rotatable bonds is 5. The van der Waals surface area contributed by atoms with Gasteiger partial charge in [0.2, 0.25) is 5.91 Å². The lowest BCUT2D eigenvalue weighted by Gasteiger charge is -2.20. The Bertz CT molecular complexity index is 1070. The molecule has 7 nitrogen and oxygen atoms in total. The highest BCUT2D eigenvalue weighted by molar-refractivity contribution is 5.78. The highest BCUT2D eigenvalue weighted by Gasteiger charge is 2.20. The Hall–Kier alpha value is -3.00. The van der Waals surface area contributed by atoms with E-state index in [2.05, 4.69) is 15.4 Å².